The van der Waals surface area contributed by atoms with E-state index in [1.807, 2.05) is 30.3 Å². The number of fused-ring (bicyclic) bond motifs is 1. The minimum absolute atomic E-state index is 0.0106. The van der Waals surface area contributed by atoms with Crippen LogP contribution >= 0.6 is 11.6 Å². The number of carboxylic acids is 1. The second-order valence-electron chi connectivity index (χ2n) is 7.39. The Kier molecular flexibility index (Phi) is 5.66. The van der Waals surface area contributed by atoms with Crippen molar-refractivity contribution in [1.82, 2.24) is 8.87 Å². The highest BCUT2D eigenvalue weighted by atomic mass is 35.5. The molecule has 0 amide bonds. The number of halogens is 1. The Hall–Kier alpha value is -2.66. The van der Waals surface area contributed by atoms with Gasteiger partial charge in [0.05, 0.1) is 27.1 Å². The number of aromatic nitrogens is 1. The number of benzene rings is 2. The molecular formula is C21H19ClN2O6S2. The molecule has 2 aromatic carbocycles. The van der Waals surface area contributed by atoms with E-state index >= 15 is 0 Å². The molecule has 168 valence electrons. The molecule has 0 spiro atoms. The Morgan fingerprint density at radius 3 is 2.09 bits per heavy atom. The van der Waals surface area contributed by atoms with Gasteiger partial charge in [0.25, 0.3) is 0 Å². The normalized spacial score (nSPS) is 14.8. The van der Waals surface area contributed by atoms with Crippen LogP contribution in [0.5, 0.6) is 0 Å². The second kappa shape index (κ2) is 8.04. The monoisotopic (exact) mass is 494 g/mol. The topological polar surface area (TPSA) is 114 Å². The number of sulfone groups is 1. The lowest BCUT2D eigenvalue weighted by molar-refractivity contribution is 0.0694. The van der Waals surface area contributed by atoms with Gasteiger partial charge in [0, 0.05) is 25.0 Å². The Morgan fingerprint density at radius 2 is 1.53 bits per heavy atom. The summed E-state index contributed by atoms with van der Waals surface area (Å²) in [5.41, 5.74) is 1.44. The SMILES string of the molecule is CS(=O)(=O)c1ccc(S(=O)(=O)N2CCn3c(c(C(=O)O)c(Cl)c3-c3ccccc3)C2)cc1. The molecule has 0 saturated heterocycles. The zero-order valence-corrected chi connectivity index (χ0v) is 19.3. The molecule has 0 bridgehead atoms. The van der Waals surface area contributed by atoms with Crippen LogP contribution in [0.25, 0.3) is 11.3 Å². The molecule has 8 nitrogen and oxygen atoms in total. The predicted molar refractivity (Wildman–Crippen MR) is 119 cm³/mol. The number of hydrogen-bond donors (Lipinski definition) is 1. The Labute approximate surface area is 190 Å². The lowest BCUT2D eigenvalue weighted by Crippen LogP contribution is -2.38. The van der Waals surface area contributed by atoms with Gasteiger partial charge in [0.2, 0.25) is 10.0 Å². The van der Waals surface area contributed by atoms with Gasteiger partial charge in [-0.2, -0.15) is 4.31 Å². The maximum Gasteiger partial charge on any atom is 0.339 e. The first-order chi connectivity index (χ1) is 15.0. The van der Waals surface area contributed by atoms with Gasteiger partial charge in [0.1, 0.15) is 5.56 Å². The van der Waals surface area contributed by atoms with Crippen molar-refractivity contribution in [3.05, 3.63) is 70.9 Å². The molecule has 1 aromatic heterocycles. The number of carbonyl (C=O) groups is 1. The van der Waals surface area contributed by atoms with Crippen molar-refractivity contribution in [2.75, 3.05) is 12.8 Å². The molecule has 0 aliphatic carbocycles. The van der Waals surface area contributed by atoms with E-state index < -0.39 is 25.8 Å². The van der Waals surface area contributed by atoms with Crippen LogP contribution in [0, 0.1) is 0 Å². The molecule has 0 fully saturated rings. The van der Waals surface area contributed by atoms with Crippen molar-refractivity contribution in [2.45, 2.75) is 22.9 Å². The first-order valence-electron chi connectivity index (χ1n) is 9.51. The number of carboxylic acid groups (broad SMARTS) is 1. The maximum atomic E-state index is 13.2. The number of hydrogen-bond acceptors (Lipinski definition) is 5. The van der Waals surface area contributed by atoms with E-state index in [4.69, 9.17) is 11.6 Å². The van der Waals surface area contributed by atoms with E-state index in [1.165, 1.54) is 28.6 Å². The molecule has 4 rings (SSSR count). The van der Waals surface area contributed by atoms with Crippen molar-refractivity contribution in [1.29, 1.82) is 0 Å². The van der Waals surface area contributed by atoms with Crippen molar-refractivity contribution in [3.63, 3.8) is 0 Å². The molecule has 2 heterocycles. The Balaban J connectivity index is 1.76. The molecule has 3 aromatic rings. The van der Waals surface area contributed by atoms with Crippen molar-refractivity contribution >= 4 is 37.4 Å². The van der Waals surface area contributed by atoms with Crippen molar-refractivity contribution in [3.8, 4) is 11.3 Å². The molecule has 0 radical (unpaired) electrons. The largest absolute Gasteiger partial charge is 0.478 e. The van der Waals surface area contributed by atoms with Crippen LogP contribution in [0.15, 0.2) is 64.4 Å². The van der Waals surface area contributed by atoms with Gasteiger partial charge >= 0.3 is 5.97 Å². The van der Waals surface area contributed by atoms with Gasteiger partial charge in [-0.1, -0.05) is 41.9 Å². The smallest absolute Gasteiger partial charge is 0.339 e. The van der Waals surface area contributed by atoms with E-state index in [0.29, 0.717) is 11.4 Å². The van der Waals surface area contributed by atoms with Gasteiger partial charge in [-0.25, -0.2) is 21.6 Å². The zero-order valence-electron chi connectivity index (χ0n) is 16.9. The molecular weight excluding hydrogens is 476 g/mol. The van der Waals surface area contributed by atoms with Crippen LogP contribution in [0.1, 0.15) is 16.1 Å². The fourth-order valence-corrected chi connectivity index (χ4v) is 6.24. The summed E-state index contributed by atoms with van der Waals surface area (Å²) in [6.07, 6.45) is 1.04. The molecule has 1 N–H and O–H groups in total. The minimum atomic E-state index is -3.99. The summed E-state index contributed by atoms with van der Waals surface area (Å²) in [6.45, 7) is 0.143. The zero-order chi connectivity index (χ0) is 23.3. The van der Waals surface area contributed by atoms with Gasteiger partial charge in [-0.3, -0.25) is 0 Å². The molecule has 1 aliphatic rings. The molecule has 0 saturated carbocycles. The molecule has 0 atom stereocenters. The predicted octanol–water partition coefficient (Wildman–Crippen LogP) is 3.11. The van der Waals surface area contributed by atoms with Crippen LogP contribution in [0.4, 0.5) is 0 Å². The average Bonchev–Trinajstić information content (AvgIpc) is 3.05. The summed E-state index contributed by atoms with van der Waals surface area (Å²) in [5, 5.41) is 9.84. The third-order valence-corrected chi connectivity index (χ3v) is 8.72. The van der Waals surface area contributed by atoms with E-state index in [-0.39, 0.29) is 40.0 Å². The highest BCUT2D eigenvalue weighted by Gasteiger charge is 2.35. The molecule has 11 heteroatoms. The second-order valence-corrected chi connectivity index (χ2v) is 11.7. The highest BCUT2D eigenvalue weighted by Crippen LogP contribution is 2.38. The summed E-state index contributed by atoms with van der Waals surface area (Å²) in [7, 11) is -7.45. The lowest BCUT2D eigenvalue weighted by Gasteiger charge is -2.29. The highest BCUT2D eigenvalue weighted by molar-refractivity contribution is 7.90. The lowest BCUT2D eigenvalue weighted by atomic mass is 10.1. The molecule has 32 heavy (non-hydrogen) atoms. The van der Waals surface area contributed by atoms with Crippen molar-refractivity contribution < 1.29 is 26.7 Å². The van der Waals surface area contributed by atoms with Gasteiger partial charge < -0.3 is 9.67 Å². The van der Waals surface area contributed by atoms with Crippen LogP contribution in [-0.4, -0.2) is 49.6 Å². The van der Waals surface area contributed by atoms with E-state index in [9.17, 15) is 26.7 Å². The summed E-state index contributed by atoms with van der Waals surface area (Å²) in [6, 6.07) is 14.0. The fraction of sp³-hybridized carbons (Fsp3) is 0.190. The number of rotatable bonds is 5. The summed E-state index contributed by atoms with van der Waals surface area (Å²) >= 11 is 6.46. The standard InChI is InChI=1S/C21H19ClN2O6S2/c1-31(27,28)15-7-9-16(10-8-15)32(29,30)23-11-12-24-17(13-23)18(21(25)26)19(22)20(24)14-5-3-2-4-6-14/h2-10H,11-13H2,1H3,(H,25,26). The Bertz CT molecular complexity index is 1410. The summed E-state index contributed by atoms with van der Waals surface area (Å²) in [5.74, 6) is -1.24. The Morgan fingerprint density at radius 1 is 0.938 bits per heavy atom. The molecule has 1 aliphatic heterocycles. The third kappa shape index (κ3) is 3.83. The van der Waals surface area contributed by atoms with Crippen molar-refractivity contribution in [2.24, 2.45) is 0 Å². The maximum absolute atomic E-state index is 13.2. The first-order valence-corrected chi connectivity index (χ1v) is 13.2. The van der Waals surface area contributed by atoms with Gasteiger partial charge in [0.15, 0.2) is 9.84 Å². The van der Waals surface area contributed by atoms with E-state index in [2.05, 4.69) is 0 Å². The fourth-order valence-electron chi connectivity index (χ4n) is 3.81. The van der Waals surface area contributed by atoms with Crippen LogP contribution < -0.4 is 0 Å². The summed E-state index contributed by atoms with van der Waals surface area (Å²) < 4.78 is 52.6. The number of sulfonamides is 1. The van der Waals surface area contributed by atoms with E-state index in [1.54, 1.807) is 4.57 Å². The number of aromatic carboxylic acids is 1. The molecule has 0 unspecified atom stereocenters. The quantitative estimate of drug-likeness (QED) is 0.583. The van der Waals surface area contributed by atoms with Gasteiger partial charge in [-0.15, -0.1) is 0 Å². The van der Waals surface area contributed by atoms with Crippen LogP contribution in [0.2, 0.25) is 5.02 Å². The summed E-state index contributed by atoms with van der Waals surface area (Å²) in [4.78, 5) is 11.9. The third-order valence-electron chi connectivity index (χ3n) is 5.36. The number of nitrogens with zero attached hydrogens (tertiary/aromatic N) is 2. The van der Waals surface area contributed by atoms with Gasteiger partial charge in [-0.05, 0) is 29.8 Å². The minimum Gasteiger partial charge on any atom is -0.478 e. The van der Waals surface area contributed by atoms with E-state index in [0.717, 1.165) is 11.8 Å². The average molecular weight is 495 g/mol. The van der Waals surface area contributed by atoms with Crippen LogP contribution in [-0.2, 0) is 33.0 Å². The van der Waals surface area contributed by atoms with Crippen LogP contribution in [0.3, 0.4) is 0 Å². The first kappa shape index (κ1) is 22.5.